The maximum atomic E-state index is 4.63. The zero-order valence-corrected chi connectivity index (χ0v) is 15.4. The zero-order valence-electron chi connectivity index (χ0n) is 15.4. The van der Waals surface area contributed by atoms with Gasteiger partial charge in [0.05, 0.1) is 6.20 Å². The Morgan fingerprint density at radius 3 is 2.60 bits per heavy atom. The lowest BCUT2D eigenvalue weighted by Gasteiger charge is -2.36. The molecule has 3 rings (SSSR count). The first-order chi connectivity index (χ1) is 12.1. The molecular weight excluding hydrogens is 312 g/mol. The number of hydrogen-bond donors (Lipinski definition) is 1. The average molecular weight is 340 g/mol. The Morgan fingerprint density at radius 2 is 1.88 bits per heavy atom. The number of aryl methyl sites for hydroxylation is 1. The first-order valence-electron chi connectivity index (χ1n) is 9.12. The van der Waals surface area contributed by atoms with E-state index in [1.54, 1.807) is 6.20 Å². The quantitative estimate of drug-likeness (QED) is 0.872. The van der Waals surface area contributed by atoms with Gasteiger partial charge in [0, 0.05) is 38.4 Å². The minimum Gasteiger partial charge on any atom is -0.369 e. The summed E-state index contributed by atoms with van der Waals surface area (Å²) in [6.45, 7) is 11.2. The van der Waals surface area contributed by atoms with E-state index in [-0.39, 0.29) is 0 Å². The fourth-order valence-corrected chi connectivity index (χ4v) is 2.99. The Balaban J connectivity index is 1.57. The van der Waals surface area contributed by atoms with E-state index in [2.05, 4.69) is 75.3 Å². The van der Waals surface area contributed by atoms with Crippen molar-refractivity contribution in [1.82, 2.24) is 15.2 Å². The lowest BCUT2D eigenvalue weighted by Crippen LogP contribution is -2.47. The van der Waals surface area contributed by atoms with Crippen molar-refractivity contribution in [3.63, 3.8) is 0 Å². The van der Waals surface area contributed by atoms with Crippen LogP contribution >= 0.6 is 0 Å². The first kappa shape index (κ1) is 17.5. The highest BCUT2D eigenvalue weighted by Crippen LogP contribution is 2.19. The van der Waals surface area contributed by atoms with Crippen LogP contribution in [0.1, 0.15) is 25.8 Å². The van der Waals surface area contributed by atoms with Gasteiger partial charge in [-0.3, -0.25) is 0 Å². The van der Waals surface area contributed by atoms with Crippen LogP contribution in [0.3, 0.4) is 0 Å². The molecule has 0 unspecified atom stereocenters. The molecule has 25 heavy (non-hydrogen) atoms. The summed E-state index contributed by atoms with van der Waals surface area (Å²) >= 11 is 0. The summed E-state index contributed by atoms with van der Waals surface area (Å²) in [7, 11) is 0. The Bertz CT molecular complexity index is 679. The number of anilines is 3. The number of benzene rings is 1. The van der Waals surface area contributed by atoms with Gasteiger partial charge in [0.15, 0.2) is 5.82 Å². The van der Waals surface area contributed by atoms with Crippen molar-refractivity contribution in [2.45, 2.75) is 27.2 Å². The molecule has 1 N–H and O–H groups in total. The van der Waals surface area contributed by atoms with E-state index in [0.29, 0.717) is 5.92 Å². The van der Waals surface area contributed by atoms with E-state index in [4.69, 9.17) is 0 Å². The molecule has 1 fully saturated rings. The van der Waals surface area contributed by atoms with Gasteiger partial charge in [0.1, 0.15) is 0 Å². The van der Waals surface area contributed by atoms with E-state index in [1.165, 1.54) is 11.3 Å². The van der Waals surface area contributed by atoms with Crippen molar-refractivity contribution < 1.29 is 0 Å². The molecule has 0 spiro atoms. The minimum atomic E-state index is 0.677. The van der Waals surface area contributed by atoms with E-state index < -0.39 is 0 Å². The summed E-state index contributed by atoms with van der Waals surface area (Å²) < 4.78 is 0. The Kier molecular flexibility index (Phi) is 5.68. The first-order valence-corrected chi connectivity index (χ1v) is 9.12. The molecule has 0 saturated carbocycles. The van der Waals surface area contributed by atoms with Crippen LogP contribution in [0.4, 0.5) is 17.5 Å². The monoisotopic (exact) mass is 340 g/mol. The second kappa shape index (κ2) is 8.14. The molecule has 0 aliphatic carbocycles. The van der Waals surface area contributed by atoms with Crippen molar-refractivity contribution in [2.24, 2.45) is 5.92 Å². The highest BCUT2D eigenvalue weighted by molar-refractivity contribution is 5.50. The molecule has 1 aromatic carbocycles. The molecule has 134 valence electrons. The summed E-state index contributed by atoms with van der Waals surface area (Å²) in [6.07, 6.45) is 2.82. The van der Waals surface area contributed by atoms with E-state index in [0.717, 1.165) is 50.9 Å². The van der Waals surface area contributed by atoms with Crippen LogP contribution in [0.2, 0.25) is 0 Å². The Morgan fingerprint density at radius 1 is 1.12 bits per heavy atom. The molecule has 6 nitrogen and oxygen atoms in total. The van der Waals surface area contributed by atoms with E-state index >= 15 is 0 Å². The summed E-state index contributed by atoms with van der Waals surface area (Å²) in [4.78, 5) is 9.26. The third kappa shape index (κ3) is 4.81. The van der Waals surface area contributed by atoms with E-state index in [9.17, 15) is 0 Å². The third-order valence-corrected chi connectivity index (χ3v) is 4.50. The number of piperazine rings is 1. The number of hydrogen-bond acceptors (Lipinski definition) is 6. The summed E-state index contributed by atoms with van der Waals surface area (Å²) in [5.74, 6) is 2.21. The fourth-order valence-electron chi connectivity index (χ4n) is 2.99. The maximum absolute atomic E-state index is 4.63. The number of aromatic nitrogens is 3. The molecule has 6 heteroatoms. The van der Waals surface area contributed by atoms with Gasteiger partial charge in [0.25, 0.3) is 0 Å². The second-order valence-electron chi connectivity index (χ2n) is 7.06. The fraction of sp³-hybridized carbons (Fsp3) is 0.526. The Labute approximate surface area is 150 Å². The topological polar surface area (TPSA) is 57.2 Å². The highest BCUT2D eigenvalue weighted by Gasteiger charge is 2.20. The summed E-state index contributed by atoms with van der Waals surface area (Å²) in [6, 6.07) is 8.68. The minimum absolute atomic E-state index is 0.677. The molecule has 1 aliphatic rings. The van der Waals surface area contributed by atoms with Gasteiger partial charge < -0.3 is 15.1 Å². The number of nitrogens with zero attached hydrogens (tertiary/aromatic N) is 5. The van der Waals surface area contributed by atoms with Crippen LogP contribution in [-0.2, 0) is 0 Å². The zero-order chi connectivity index (χ0) is 17.6. The predicted octanol–water partition coefficient (Wildman–Crippen LogP) is 2.96. The molecule has 2 heterocycles. The number of rotatable bonds is 6. The molecule has 1 saturated heterocycles. The normalized spacial score (nSPS) is 14.9. The van der Waals surface area contributed by atoms with Gasteiger partial charge in [-0.1, -0.05) is 26.0 Å². The second-order valence-corrected chi connectivity index (χ2v) is 7.06. The smallest absolute Gasteiger partial charge is 0.247 e. The SMILES string of the molecule is Cc1cccc(N2CCN(c3nncc(NCCC(C)C)n3)CC2)c1. The lowest BCUT2D eigenvalue weighted by atomic mass is 10.1. The van der Waals surface area contributed by atoms with E-state index in [1.807, 2.05) is 0 Å². The predicted molar refractivity (Wildman–Crippen MR) is 103 cm³/mol. The standard InChI is InChI=1S/C19H28N6/c1-15(2)7-8-20-18-14-21-23-19(22-18)25-11-9-24(10-12-25)17-6-4-5-16(3)13-17/h4-6,13-15H,7-12H2,1-3H3,(H,20,22,23). The molecule has 2 aromatic rings. The van der Waals surface area contributed by atoms with Crippen LogP contribution in [0.15, 0.2) is 30.5 Å². The summed E-state index contributed by atoms with van der Waals surface area (Å²) in [5, 5.41) is 11.7. The van der Waals surface area contributed by atoms with Gasteiger partial charge in [-0.2, -0.15) is 10.1 Å². The lowest BCUT2D eigenvalue weighted by molar-refractivity contribution is 0.605. The Hall–Kier alpha value is -2.37. The molecule has 0 amide bonds. The molecule has 0 bridgehead atoms. The van der Waals surface area contributed by atoms with Crippen molar-refractivity contribution in [2.75, 3.05) is 47.8 Å². The van der Waals surface area contributed by atoms with Crippen LogP contribution < -0.4 is 15.1 Å². The molecule has 0 atom stereocenters. The van der Waals surface area contributed by atoms with Crippen molar-refractivity contribution >= 4 is 17.5 Å². The largest absolute Gasteiger partial charge is 0.369 e. The van der Waals surface area contributed by atoms with Crippen LogP contribution in [0, 0.1) is 12.8 Å². The van der Waals surface area contributed by atoms with Crippen molar-refractivity contribution in [3.05, 3.63) is 36.0 Å². The van der Waals surface area contributed by atoms with Gasteiger partial charge in [0.2, 0.25) is 5.95 Å². The van der Waals surface area contributed by atoms with Crippen molar-refractivity contribution in [3.8, 4) is 0 Å². The highest BCUT2D eigenvalue weighted by atomic mass is 15.4. The van der Waals surface area contributed by atoms with Gasteiger partial charge >= 0.3 is 0 Å². The summed E-state index contributed by atoms with van der Waals surface area (Å²) in [5.41, 5.74) is 2.59. The molecule has 1 aromatic heterocycles. The van der Waals surface area contributed by atoms with Gasteiger partial charge in [-0.05, 0) is 37.0 Å². The van der Waals surface area contributed by atoms with Gasteiger partial charge in [-0.15, -0.1) is 5.10 Å². The molecule has 0 radical (unpaired) electrons. The third-order valence-electron chi connectivity index (χ3n) is 4.50. The molecular formula is C19H28N6. The van der Waals surface area contributed by atoms with Crippen LogP contribution in [0.25, 0.3) is 0 Å². The number of nitrogens with one attached hydrogen (secondary N) is 1. The molecule has 1 aliphatic heterocycles. The average Bonchev–Trinajstić information content (AvgIpc) is 2.62. The van der Waals surface area contributed by atoms with Crippen LogP contribution in [0.5, 0.6) is 0 Å². The van der Waals surface area contributed by atoms with Crippen molar-refractivity contribution in [1.29, 1.82) is 0 Å². The van der Waals surface area contributed by atoms with Crippen LogP contribution in [-0.4, -0.2) is 47.9 Å². The maximum Gasteiger partial charge on any atom is 0.247 e. The van der Waals surface area contributed by atoms with Gasteiger partial charge in [-0.25, -0.2) is 0 Å².